The number of nitrogens with zero attached hydrogens (tertiary/aromatic N) is 2. The number of benzene rings is 1. The maximum absolute atomic E-state index is 11.0. The molecule has 0 saturated carbocycles. The molecule has 1 N–H and O–H groups in total. The first-order chi connectivity index (χ1) is 9.22. The van der Waals surface area contributed by atoms with Gasteiger partial charge in [-0.25, -0.2) is 4.98 Å². The van der Waals surface area contributed by atoms with Gasteiger partial charge in [-0.2, -0.15) is 0 Å². The van der Waals surface area contributed by atoms with Crippen molar-refractivity contribution in [1.29, 1.82) is 0 Å². The number of carbonyl (C=O) groups excluding carboxylic acids is 1. The predicted octanol–water partition coefficient (Wildman–Crippen LogP) is 3.32. The summed E-state index contributed by atoms with van der Waals surface area (Å²) in [4.78, 5) is 19.5. The van der Waals surface area contributed by atoms with Crippen LogP contribution in [0.15, 0.2) is 42.7 Å². The van der Waals surface area contributed by atoms with E-state index in [2.05, 4.69) is 15.3 Å². The number of rotatable bonds is 2. The van der Waals surface area contributed by atoms with Crippen LogP contribution in [0.25, 0.3) is 21.3 Å². The smallest absolute Gasteiger partial charge is 0.223 e. The van der Waals surface area contributed by atoms with Gasteiger partial charge in [0, 0.05) is 24.9 Å². The van der Waals surface area contributed by atoms with Gasteiger partial charge in [0.05, 0.1) is 10.2 Å². The zero-order chi connectivity index (χ0) is 13.2. The number of aromatic nitrogens is 2. The molecular formula is C14H11N3OS. The molecule has 0 aliphatic carbocycles. The van der Waals surface area contributed by atoms with Crippen LogP contribution in [0.2, 0.25) is 0 Å². The third kappa shape index (κ3) is 2.46. The third-order valence-electron chi connectivity index (χ3n) is 2.67. The SMILES string of the molecule is CC(=O)Nc1nc2cc(-c3cccnc3)ccc2s1. The first-order valence-electron chi connectivity index (χ1n) is 5.81. The minimum absolute atomic E-state index is 0.105. The van der Waals surface area contributed by atoms with Crippen molar-refractivity contribution < 1.29 is 4.79 Å². The van der Waals surface area contributed by atoms with Crippen LogP contribution >= 0.6 is 11.3 Å². The number of nitrogens with one attached hydrogen (secondary N) is 1. The van der Waals surface area contributed by atoms with E-state index in [4.69, 9.17) is 0 Å². The van der Waals surface area contributed by atoms with Gasteiger partial charge in [-0.15, -0.1) is 0 Å². The maximum atomic E-state index is 11.0. The van der Waals surface area contributed by atoms with Gasteiger partial charge in [0.2, 0.25) is 5.91 Å². The topological polar surface area (TPSA) is 54.9 Å². The van der Waals surface area contributed by atoms with Crippen molar-refractivity contribution in [1.82, 2.24) is 9.97 Å². The van der Waals surface area contributed by atoms with Crippen LogP contribution in [0.3, 0.4) is 0 Å². The maximum Gasteiger partial charge on any atom is 0.223 e. The summed E-state index contributed by atoms with van der Waals surface area (Å²) in [6.07, 6.45) is 3.57. The lowest BCUT2D eigenvalue weighted by Gasteiger charge is -1.99. The fourth-order valence-electron chi connectivity index (χ4n) is 1.84. The highest BCUT2D eigenvalue weighted by Crippen LogP contribution is 2.29. The van der Waals surface area contributed by atoms with E-state index < -0.39 is 0 Å². The standard InChI is InChI=1S/C14H11N3OS/c1-9(18)16-14-17-12-7-10(4-5-13(12)19-14)11-3-2-6-15-8-11/h2-8H,1H3,(H,16,17,18). The van der Waals surface area contributed by atoms with E-state index in [0.717, 1.165) is 21.3 Å². The van der Waals surface area contributed by atoms with Crippen molar-refractivity contribution >= 4 is 32.6 Å². The Morgan fingerprint density at radius 1 is 1.26 bits per heavy atom. The molecule has 0 saturated heterocycles. The highest BCUT2D eigenvalue weighted by atomic mass is 32.1. The second kappa shape index (κ2) is 4.78. The Kier molecular flexibility index (Phi) is 2.97. The molecule has 2 heterocycles. The van der Waals surface area contributed by atoms with Crippen molar-refractivity contribution in [2.45, 2.75) is 6.92 Å². The van der Waals surface area contributed by atoms with Gasteiger partial charge in [-0.1, -0.05) is 23.5 Å². The van der Waals surface area contributed by atoms with Crippen LogP contribution in [0.1, 0.15) is 6.92 Å². The molecule has 0 bridgehead atoms. The summed E-state index contributed by atoms with van der Waals surface area (Å²) < 4.78 is 1.05. The van der Waals surface area contributed by atoms with Gasteiger partial charge in [0.1, 0.15) is 0 Å². The summed E-state index contributed by atoms with van der Waals surface area (Å²) in [6, 6.07) is 9.97. The van der Waals surface area contributed by atoms with Gasteiger partial charge in [0.15, 0.2) is 5.13 Å². The first kappa shape index (κ1) is 11.8. The molecule has 1 aromatic carbocycles. The lowest BCUT2D eigenvalue weighted by Crippen LogP contribution is -2.04. The van der Waals surface area contributed by atoms with E-state index in [1.165, 1.54) is 18.3 Å². The van der Waals surface area contributed by atoms with Crippen LogP contribution in [0.4, 0.5) is 5.13 Å². The number of hydrogen-bond donors (Lipinski definition) is 1. The Balaban J connectivity index is 2.03. The Bertz CT molecular complexity index is 737. The molecule has 2 aromatic heterocycles. The second-order valence-electron chi connectivity index (χ2n) is 4.12. The minimum Gasteiger partial charge on any atom is -0.302 e. The molecule has 19 heavy (non-hydrogen) atoms. The molecule has 1 amide bonds. The van der Waals surface area contributed by atoms with Crippen LogP contribution in [-0.4, -0.2) is 15.9 Å². The molecule has 3 aromatic rings. The van der Waals surface area contributed by atoms with Crippen molar-refractivity contribution in [3.63, 3.8) is 0 Å². The third-order valence-corrected chi connectivity index (χ3v) is 3.62. The molecule has 5 heteroatoms. The van der Waals surface area contributed by atoms with E-state index in [1.54, 1.807) is 6.20 Å². The predicted molar refractivity (Wildman–Crippen MR) is 77.2 cm³/mol. The Morgan fingerprint density at radius 3 is 2.89 bits per heavy atom. The summed E-state index contributed by atoms with van der Waals surface area (Å²) >= 11 is 1.47. The number of hydrogen-bond acceptors (Lipinski definition) is 4. The van der Waals surface area contributed by atoms with Gasteiger partial charge >= 0.3 is 0 Å². The monoisotopic (exact) mass is 269 g/mol. The molecule has 0 spiro atoms. The van der Waals surface area contributed by atoms with Crippen LogP contribution in [-0.2, 0) is 4.79 Å². The lowest BCUT2D eigenvalue weighted by atomic mass is 10.1. The fourth-order valence-corrected chi connectivity index (χ4v) is 2.74. The Hall–Kier alpha value is -2.27. The van der Waals surface area contributed by atoms with Crippen molar-refractivity contribution in [3.8, 4) is 11.1 Å². The van der Waals surface area contributed by atoms with E-state index in [0.29, 0.717) is 5.13 Å². The van der Waals surface area contributed by atoms with Crippen molar-refractivity contribution in [2.24, 2.45) is 0 Å². The number of pyridine rings is 1. The molecule has 0 radical (unpaired) electrons. The minimum atomic E-state index is -0.105. The van der Waals surface area contributed by atoms with Gasteiger partial charge in [0.25, 0.3) is 0 Å². The highest BCUT2D eigenvalue weighted by molar-refractivity contribution is 7.22. The number of carbonyl (C=O) groups is 1. The molecule has 4 nitrogen and oxygen atoms in total. The number of anilines is 1. The first-order valence-corrected chi connectivity index (χ1v) is 6.62. The molecule has 0 atom stereocenters. The summed E-state index contributed by atoms with van der Waals surface area (Å²) in [5.41, 5.74) is 3.01. The number of fused-ring (bicyclic) bond motifs is 1. The van der Waals surface area contributed by atoms with Gasteiger partial charge in [-0.05, 0) is 23.8 Å². The summed E-state index contributed by atoms with van der Waals surface area (Å²) in [5, 5.41) is 3.34. The number of thiazole rings is 1. The van der Waals surface area contributed by atoms with Crippen molar-refractivity contribution in [3.05, 3.63) is 42.7 Å². The van der Waals surface area contributed by atoms with Crippen LogP contribution < -0.4 is 5.32 Å². The Morgan fingerprint density at radius 2 is 2.16 bits per heavy atom. The van der Waals surface area contributed by atoms with Gasteiger partial charge in [-0.3, -0.25) is 9.78 Å². The summed E-state index contributed by atoms with van der Waals surface area (Å²) in [7, 11) is 0. The van der Waals surface area contributed by atoms with E-state index in [1.807, 2.05) is 36.5 Å². The summed E-state index contributed by atoms with van der Waals surface area (Å²) in [6.45, 7) is 1.48. The quantitative estimate of drug-likeness (QED) is 0.776. The van der Waals surface area contributed by atoms with Crippen LogP contribution in [0.5, 0.6) is 0 Å². The molecule has 94 valence electrons. The average Bonchev–Trinajstić information content (AvgIpc) is 2.79. The number of amides is 1. The lowest BCUT2D eigenvalue weighted by molar-refractivity contribution is -0.114. The van der Waals surface area contributed by atoms with Gasteiger partial charge < -0.3 is 5.32 Å². The zero-order valence-corrected chi connectivity index (χ0v) is 11.1. The molecule has 0 aliphatic heterocycles. The van der Waals surface area contributed by atoms with Crippen molar-refractivity contribution in [2.75, 3.05) is 5.32 Å². The summed E-state index contributed by atoms with van der Waals surface area (Å²) in [5.74, 6) is -0.105. The van der Waals surface area contributed by atoms with E-state index in [9.17, 15) is 4.79 Å². The molecule has 0 fully saturated rings. The Labute approximate surface area is 114 Å². The zero-order valence-electron chi connectivity index (χ0n) is 10.3. The largest absolute Gasteiger partial charge is 0.302 e. The highest BCUT2D eigenvalue weighted by Gasteiger charge is 2.06. The average molecular weight is 269 g/mol. The molecule has 0 aliphatic rings. The molecular weight excluding hydrogens is 258 g/mol. The van der Waals surface area contributed by atoms with E-state index >= 15 is 0 Å². The normalized spacial score (nSPS) is 10.6. The fraction of sp³-hybridized carbons (Fsp3) is 0.0714. The van der Waals surface area contributed by atoms with Crippen LogP contribution in [0, 0.1) is 0 Å². The second-order valence-corrected chi connectivity index (χ2v) is 5.16. The molecule has 3 rings (SSSR count). The van der Waals surface area contributed by atoms with E-state index in [-0.39, 0.29) is 5.91 Å². The molecule has 0 unspecified atom stereocenters.